The van der Waals surface area contributed by atoms with Gasteiger partial charge in [-0.05, 0) is 42.3 Å². The van der Waals surface area contributed by atoms with E-state index in [4.69, 9.17) is 10.5 Å². The Kier molecular flexibility index (Phi) is 5.56. The summed E-state index contributed by atoms with van der Waals surface area (Å²) in [4.78, 5) is 26.5. The topological polar surface area (TPSA) is 106 Å². The van der Waals surface area contributed by atoms with Gasteiger partial charge in [0.2, 0.25) is 5.91 Å². The maximum absolute atomic E-state index is 13.5. The first-order valence-electron chi connectivity index (χ1n) is 10.9. The second-order valence-electron chi connectivity index (χ2n) is 8.29. The van der Waals surface area contributed by atoms with E-state index in [-0.39, 0.29) is 29.0 Å². The highest BCUT2D eigenvalue weighted by Gasteiger charge is 2.30. The second-order valence-corrected chi connectivity index (χ2v) is 8.29. The maximum Gasteiger partial charge on any atom is 0.274 e. The number of hydrogen-bond donors (Lipinski definition) is 2. The fourth-order valence-corrected chi connectivity index (χ4v) is 4.49. The molecule has 2 aromatic heterocycles. The Labute approximate surface area is 198 Å². The van der Waals surface area contributed by atoms with Crippen molar-refractivity contribution in [2.75, 3.05) is 18.8 Å². The van der Waals surface area contributed by atoms with Crippen molar-refractivity contribution in [3.63, 3.8) is 0 Å². The molecule has 0 unspecified atom stereocenters. The van der Waals surface area contributed by atoms with Crippen molar-refractivity contribution in [1.82, 2.24) is 19.7 Å². The first kappa shape index (κ1) is 22.3. The molecule has 178 valence electrons. The molecule has 35 heavy (non-hydrogen) atoms. The minimum atomic E-state index is -0.739. The number of ether oxygens (including phenoxy) is 1. The third-order valence-corrected chi connectivity index (χ3v) is 6.08. The van der Waals surface area contributed by atoms with E-state index in [1.807, 2.05) is 6.20 Å². The number of nitrogens with one attached hydrogen (secondary N) is 1. The van der Waals surface area contributed by atoms with Crippen LogP contribution in [0.15, 0.2) is 66.1 Å². The molecule has 0 spiro atoms. The molecule has 1 fully saturated rings. The van der Waals surface area contributed by atoms with E-state index in [2.05, 4.69) is 16.8 Å². The lowest BCUT2D eigenvalue weighted by Gasteiger charge is -2.13. The average molecular weight is 477 g/mol. The highest BCUT2D eigenvalue weighted by Crippen LogP contribution is 2.35. The molecule has 8 nitrogen and oxygen atoms in total. The molecule has 1 atom stereocenters. The Hall–Kier alpha value is -4.47. The predicted octanol–water partition coefficient (Wildman–Crippen LogP) is 3.87. The number of hydrogen-bond acceptors (Lipinski definition) is 5. The van der Waals surface area contributed by atoms with Crippen LogP contribution in [-0.4, -0.2) is 38.7 Å². The van der Waals surface area contributed by atoms with E-state index in [0.717, 1.165) is 23.8 Å². The summed E-state index contributed by atoms with van der Waals surface area (Å²) in [5.41, 5.74) is 7.69. The number of fused-ring (bicyclic) bond motifs is 1. The van der Waals surface area contributed by atoms with E-state index in [1.165, 1.54) is 6.08 Å². The molecule has 3 N–H and O–H groups in total. The van der Waals surface area contributed by atoms with E-state index in [9.17, 15) is 18.4 Å². The number of nitrogens with two attached hydrogens (primary N) is 1. The number of carbonyl (C=O) groups excluding carboxylic acids is 1. The van der Waals surface area contributed by atoms with Gasteiger partial charge in [-0.2, -0.15) is 5.10 Å². The van der Waals surface area contributed by atoms with E-state index < -0.39 is 11.6 Å². The fraction of sp³-hybridized carbons (Fsp3) is 0.160. The summed E-state index contributed by atoms with van der Waals surface area (Å²) in [5.74, 6) is -1.14. The Bertz CT molecular complexity index is 1490. The van der Waals surface area contributed by atoms with Crippen molar-refractivity contribution in [3.05, 3.63) is 88.9 Å². The largest absolute Gasteiger partial charge is 0.457 e. The van der Waals surface area contributed by atoms with Gasteiger partial charge in [0.05, 0.1) is 5.39 Å². The molecule has 1 saturated heterocycles. The van der Waals surface area contributed by atoms with E-state index in [0.29, 0.717) is 41.9 Å². The summed E-state index contributed by atoms with van der Waals surface area (Å²) in [6.07, 6.45) is 3.81. The first-order chi connectivity index (χ1) is 16.8. The SMILES string of the molecule is C=CC(=O)N1CC[C@H](c2cn(-c3ccc(Oc4cc(F)cc(F)c4)cc3)c3c(N)n[nH]c(=O)c23)C1. The van der Waals surface area contributed by atoms with Crippen LogP contribution in [0, 0.1) is 11.6 Å². The Balaban J connectivity index is 1.52. The molecular formula is C25H21F2N5O3. The van der Waals surface area contributed by atoms with E-state index in [1.54, 1.807) is 33.7 Å². The summed E-state index contributed by atoms with van der Waals surface area (Å²) in [6.45, 7) is 4.57. The van der Waals surface area contributed by atoms with Crippen molar-refractivity contribution in [3.8, 4) is 17.2 Å². The summed E-state index contributed by atoms with van der Waals surface area (Å²) in [5, 5.41) is 6.79. The number of amides is 1. The predicted molar refractivity (Wildman–Crippen MR) is 127 cm³/mol. The van der Waals surface area contributed by atoms with Gasteiger partial charge in [-0.25, -0.2) is 13.9 Å². The van der Waals surface area contributed by atoms with Gasteiger partial charge in [-0.15, -0.1) is 0 Å². The van der Waals surface area contributed by atoms with Crippen LogP contribution in [0.4, 0.5) is 14.6 Å². The van der Waals surface area contributed by atoms with Crippen LogP contribution in [-0.2, 0) is 4.79 Å². The molecule has 10 heteroatoms. The van der Waals surface area contributed by atoms with Crippen molar-refractivity contribution >= 4 is 22.6 Å². The highest BCUT2D eigenvalue weighted by atomic mass is 19.1. The number of anilines is 1. The lowest BCUT2D eigenvalue weighted by atomic mass is 9.99. The quantitative estimate of drug-likeness (QED) is 0.425. The zero-order valence-electron chi connectivity index (χ0n) is 18.5. The molecule has 4 aromatic rings. The Morgan fingerprint density at radius 3 is 2.57 bits per heavy atom. The molecule has 0 bridgehead atoms. The molecule has 0 aliphatic carbocycles. The number of aromatic amines is 1. The maximum atomic E-state index is 13.5. The smallest absolute Gasteiger partial charge is 0.274 e. The van der Waals surface area contributed by atoms with Crippen LogP contribution in [0.1, 0.15) is 17.9 Å². The molecule has 2 aromatic carbocycles. The van der Waals surface area contributed by atoms with Crippen LogP contribution < -0.4 is 16.0 Å². The normalized spacial score (nSPS) is 15.5. The highest BCUT2D eigenvalue weighted by molar-refractivity contribution is 5.92. The summed E-state index contributed by atoms with van der Waals surface area (Å²) in [7, 11) is 0. The van der Waals surface area contributed by atoms with Gasteiger partial charge >= 0.3 is 0 Å². The van der Waals surface area contributed by atoms with Gasteiger partial charge in [-0.3, -0.25) is 9.59 Å². The summed E-state index contributed by atoms with van der Waals surface area (Å²) in [6, 6.07) is 9.68. The number of aromatic nitrogens is 3. The molecule has 0 saturated carbocycles. The summed E-state index contributed by atoms with van der Waals surface area (Å²) < 4.78 is 34.3. The summed E-state index contributed by atoms with van der Waals surface area (Å²) >= 11 is 0. The molecule has 5 rings (SSSR count). The number of H-pyrrole nitrogens is 1. The molecule has 3 heterocycles. The lowest BCUT2D eigenvalue weighted by Crippen LogP contribution is -2.26. The first-order valence-corrected chi connectivity index (χ1v) is 10.9. The van der Waals surface area contributed by atoms with Crippen molar-refractivity contribution in [1.29, 1.82) is 0 Å². The van der Waals surface area contributed by atoms with Crippen LogP contribution in [0.3, 0.4) is 0 Å². The Morgan fingerprint density at radius 2 is 1.89 bits per heavy atom. The molecule has 1 aliphatic rings. The van der Waals surface area contributed by atoms with Gasteiger partial charge in [0, 0.05) is 49.1 Å². The number of rotatable bonds is 5. The van der Waals surface area contributed by atoms with E-state index >= 15 is 0 Å². The van der Waals surface area contributed by atoms with Gasteiger partial charge in [-0.1, -0.05) is 6.58 Å². The number of carbonyl (C=O) groups is 1. The average Bonchev–Trinajstić information content (AvgIpc) is 3.47. The molecule has 1 aliphatic heterocycles. The van der Waals surface area contributed by atoms with Gasteiger partial charge in [0.15, 0.2) is 5.82 Å². The molecule has 1 amide bonds. The fourth-order valence-electron chi connectivity index (χ4n) is 4.49. The van der Waals surface area contributed by atoms with Crippen LogP contribution in [0.2, 0.25) is 0 Å². The minimum Gasteiger partial charge on any atom is -0.457 e. The standard InChI is InChI=1S/C25H21F2N5O3/c1-2-21(33)31-8-7-14(12-31)20-13-32(23-22(20)25(34)30-29-24(23)28)17-3-5-18(6-4-17)35-19-10-15(26)9-16(27)11-19/h2-6,9-11,13-14H,1,7-8,12H2,(H2,28,29)(H,30,34)/t14-/m0/s1. The third-order valence-electron chi connectivity index (χ3n) is 6.08. The Morgan fingerprint density at radius 1 is 1.17 bits per heavy atom. The molecule has 0 radical (unpaired) electrons. The third kappa shape index (κ3) is 4.14. The lowest BCUT2D eigenvalue weighted by molar-refractivity contribution is -0.125. The van der Waals surface area contributed by atoms with Gasteiger partial charge < -0.3 is 19.9 Å². The number of nitrogen functional groups attached to an aromatic ring is 1. The number of halogens is 2. The number of nitrogens with zero attached hydrogens (tertiary/aromatic N) is 3. The zero-order valence-corrected chi connectivity index (χ0v) is 18.5. The monoisotopic (exact) mass is 477 g/mol. The van der Waals surface area contributed by atoms with Crippen LogP contribution >= 0.6 is 0 Å². The molecular weight excluding hydrogens is 456 g/mol. The number of likely N-dealkylation sites (tertiary alicyclic amines) is 1. The van der Waals surface area contributed by atoms with Crippen LogP contribution in [0.5, 0.6) is 11.5 Å². The second kappa shape index (κ2) is 8.71. The van der Waals surface area contributed by atoms with Crippen LogP contribution in [0.25, 0.3) is 16.6 Å². The van der Waals surface area contributed by atoms with Crippen molar-refractivity contribution in [2.45, 2.75) is 12.3 Å². The zero-order chi connectivity index (χ0) is 24.7. The van der Waals surface area contributed by atoms with Gasteiger partial charge in [0.1, 0.15) is 28.7 Å². The van der Waals surface area contributed by atoms with Gasteiger partial charge in [0.25, 0.3) is 5.56 Å². The van der Waals surface area contributed by atoms with Crippen molar-refractivity contribution < 1.29 is 18.3 Å². The number of benzene rings is 2. The minimum absolute atomic E-state index is 0.0313. The van der Waals surface area contributed by atoms with Crippen molar-refractivity contribution in [2.24, 2.45) is 0 Å².